The number of amides is 1. The molecule has 0 spiro atoms. The topological polar surface area (TPSA) is 46.3 Å². The number of fused-ring (bicyclic) bond motifs is 1. The number of nitrogens with two attached hydrogens (primary N) is 1. The van der Waals surface area contributed by atoms with Crippen molar-refractivity contribution in [2.45, 2.75) is 38.1 Å². The second-order valence-corrected chi connectivity index (χ2v) is 5.88. The van der Waals surface area contributed by atoms with Crippen LogP contribution in [0.2, 0.25) is 0 Å². The lowest BCUT2D eigenvalue weighted by atomic mass is 9.86. The lowest BCUT2D eigenvalue weighted by Gasteiger charge is -2.39. The summed E-state index contributed by atoms with van der Waals surface area (Å²) >= 11 is 0. The fourth-order valence-electron chi connectivity index (χ4n) is 3.54. The van der Waals surface area contributed by atoms with Gasteiger partial charge < -0.3 is 5.73 Å². The maximum Gasteiger partial charge on any atom is 0.220 e. The molecule has 3 rings (SSSR count). The molecule has 0 bridgehead atoms. The summed E-state index contributed by atoms with van der Waals surface area (Å²) in [7, 11) is 0. The third-order valence-corrected chi connectivity index (χ3v) is 4.77. The van der Waals surface area contributed by atoms with Crippen molar-refractivity contribution in [3.05, 3.63) is 35.4 Å². The summed E-state index contributed by atoms with van der Waals surface area (Å²) in [5, 5.41) is 0. The first-order valence-electron chi connectivity index (χ1n) is 7.34. The van der Waals surface area contributed by atoms with Crippen LogP contribution in [-0.4, -0.2) is 29.9 Å². The van der Waals surface area contributed by atoms with E-state index in [9.17, 15) is 4.79 Å². The highest BCUT2D eigenvalue weighted by Crippen LogP contribution is 2.27. The van der Waals surface area contributed by atoms with E-state index in [4.69, 9.17) is 5.73 Å². The van der Waals surface area contributed by atoms with Gasteiger partial charge >= 0.3 is 0 Å². The quantitative estimate of drug-likeness (QED) is 0.878. The van der Waals surface area contributed by atoms with Crippen LogP contribution in [0.4, 0.5) is 0 Å². The SMILES string of the molecule is NC(=O)C1CCN(C2CCc3ccccc3C2)CC1. The Bertz CT molecular complexity index is 464. The van der Waals surface area contributed by atoms with Gasteiger partial charge in [-0.2, -0.15) is 0 Å². The van der Waals surface area contributed by atoms with Gasteiger partial charge in [-0.1, -0.05) is 24.3 Å². The van der Waals surface area contributed by atoms with Crippen LogP contribution in [0.25, 0.3) is 0 Å². The van der Waals surface area contributed by atoms with Crippen LogP contribution in [0.3, 0.4) is 0 Å². The Morgan fingerprint density at radius 1 is 1.11 bits per heavy atom. The summed E-state index contributed by atoms with van der Waals surface area (Å²) < 4.78 is 0. The lowest BCUT2D eigenvalue weighted by molar-refractivity contribution is -0.123. The Morgan fingerprint density at radius 3 is 2.47 bits per heavy atom. The first kappa shape index (κ1) is 12.7. The third kappa shape index (κ3) is 2.66. The van der Waals surface area contributed by atoms with Crippen molar-refractivity contribution in [1.29, 1.82) is 0 Å². The second kappa shape index (κ2) is 5.33. The molecule has 1 aliphatic heterocycles. The van der Waals surface area contributed by atoms with Crippen LogP contribution in [0.15, 0.2) is 24.3 Å². The van der Waals surface area contributed by atoms with Crippen LogP contribution in [0, 0.1) is 5.92 Å². The van der Waals surface area contributed by atoms with Gasteiger partial charge in [-0.3, -0.25) is 9.69 Å². The summed E-state index contributed by atoms with van der Waals surface area (Å²) in [6.07, 6.45) is 5.48. The van der Waals surface area contributed by atoms with Gasteiger partial charge in [-0.25, -0.2) is 0 Å². The summed E-state index contributed by atoms with van der Waals surface area (Å²) in [5.74, 6) is -0.0132. The van der Waals surface area contributed by atoms with Gasteiger partial charge in [-0.15, -0.1) is 0 Å². The van der Waals surface area contributed by atoms with Gasteiger partial charge in [0, 0.05) is 12.0 Å². The number of carbonyl (C=O) groups is 1. The van der Waals surface area contributed by atoms with Gasteiger partial charge in [-0.05, 0) is 56.3 Å². The number of hydrogen-bond acceptors (Lipinski definition) is 2. The first-order chi connectivity index (χ1) is 9.24. The normalized spacial score (nSPS) is 24.9. The number of benzene rings is 1. The molecule has 2 aliphatic rings. The van der Waals surface area contributed by atoms with E-state index in [0.29, 0.717) is 6.04 Å². The summed E-state index contributed by atoms with van der Waals surface area (Å²) in [6.45, 7) is 2.06. The van der Waals surface area contributed by atoms with Crippen LogP contribution < -0.4 is 5.73 Å². The molecule has 1 atom stereocenters. The Kier molecular flexibility index (Phi) is 3.56. The second-order valence-electron chi connectivity index (χ2n) is 5.88. The minimum absolute atomic E-state index is 0.104. The minimum Gasteiger partial charge on any atom is -0.369 e. The van der Waals surface area contributed by atoms with Crippen molar-refractivity contribution in [3.8, 4) is 0 Å². The number of nitrogens with zero attached hydrogens (tertiary/aromatic N) is 1. The minimum atomic E-state index is -0.117. The van der Waals surface area contributed by atoms with Crippen LogP contribution in [0.1, 0.15) is 30.4 Å². The maximum atomic E-state index is 11.2. The van der Waals surface area contributed by atoms with Crippen LogP contribution >= 0.6 is 0 Å². The molecular weight excluding hydrogens is 236 g/mol. The highest BCUT2D eigenvalue weighted by Gasteiger charge is 2.29. The molecule has 3 nitrogen and oxygen atoms in total. The molecule has 1 aromatic carbocycles. The molecule has 0 radical (unpaired) electrons. The Morgan fingerprint density at radius 2 is 1.79 bits per heavy atom. The molecule has 1 saturated heterocycles. The molecule has 1 amide bonds. The van der Waals surface area contributed by atoms with Crippen LogP contribution in [0.5, 0.6) is 0 Å². The van der Waals surface area contributed by atoms with Gasteiger partial charge in [0.05, 0.1) is 0 Å². The Labute approximate surface area is 114 Å². The number of hydrogen-bond donors (Lipinski definition) is 1. The Hall–Kier alpha value is -1.35. The predicted octanol–water partition coefficient (Wildman–Crippen LogP) is 1.74. The van der Waals surface area contributed by atoms with E-state index >= 15 is 0 Å². The van der Waals surface area contributed by atoms with Gasteiger partial charge in [0.15, 0.2) is 0 Å². The number of likely N-dealkylation sites (tertiary alicyclic amines) is 1. The van der Waals surface area contributed by atoms with E-state index in [0.717, 1.165) is 32.4 Å². The fraction of sp³-hybridized carbons (Fsp3) is 0.562. The fourth-order valence-corrected chi connectivity index (χ4v) is 3.54. The van der Waals surface area contributed by atoms with E-state index in [2.05, 4.69) is 29.2 Å². The number of aryl methyl sites for hydroxylation is 1. The van der Waals surface area contributed by atoms with E-state index in [1.54, 1.807) is 0 Å². The van der Waals surface area contributed by atoms with E-state index < -0.39 is 0 Å². The van der Waals surface area contributed by atoms with Crippen molar-refractivity contribution >= 4 is 5.91 Å². The van der Waals surface area contributed by atoms with Crippen molar-refractivity contribution < 1.29 is 4.79 Å². The third-order valence-electron chi connectivity index (χ3n) is 4.77. The summed E-state index contributed by atoms with van der Waals surface area (Å²) in [6, 6.07) is 9.45. The molecule has 0 aromatic heterocycles. The molecule has 1 fully saturated rings. The average Bonchev–Trinajstić information content (AvgIpc) is 2.47. The van der Waals surface area contributed by atoms with Gasteiger partial charge in [0.25, 0.3) is 0 Å². The molecule has 1 aromatic rings. The molecule has 19 heavy (non-hydrogen) atoms. The average molecular weight is 258 g/mol. The lowest BCUT2D eigenvalue weighted by Crippen LogP contribution is -2.46. The molecule has 1 unspecified atom stereocenters. The molecule has 2 N–H and O–H groups in total. The van der Waals surface area contributed by atoms with E-state index in [-0.39, 0.29) is 11.8 Å². The van der Waals surface area contributed by atoms with Crippen molar-refractivity contribution in [1.82, 2.24) is 4.90 Å². The number of piperidine rings is 1. The standard InChI is InChI=1S/C16H22N2O/c17-16(19)13-7-9-18(10-8-13)15-6-5-12-3-1-2-4-14(12)11-15/h1-4,13,15H,5-11H2,(H2,17,19). The largest absolute Gasteiger partial charge is 0.369 e. The zero-order valence-corrected chi connectivity index (χ0v) is 11.3. The molecule has 102 valence electrons. The van der Waals surface area contributed by atoms with Crippen LogP contribution in [-0.2, 0) is 17.6 Å². The summed E-state index contributed by atoms with van der Waals surface area (Å²) in [4.78, 5) is 13.8. The van der Waals surface area contributed by atoms with Gasteiger partial charge in [0.2, 0.25) is 5.91 Å². The summed E-state index contributed by atoms with van der Waals surface area (Å²) in [5.41, 5.74) is 8.43. The molecular formula is C16H22N2O. The highest BCUT2D eigenvalue weighted by molar-refractivity contribution is 5.76. The molecule has 3 heteroatoms. The van der Waals surface area contributed by atoms with Crippen molar-refractivity contribution in [2.75, 3.05) is 13.1 Å². The first-order valence-corrected chi connectivity index (χ1v) is 7.34. The highest BCUT2D eigenvalue weighted by atomic mass is 16.1. The predicted molar refractivity (Wildman–Crippen MR) is 75.7 cm³/mol. The van der Waals surface area contributed by atoms with Crippen molar-refractivity contribution in [3.63, 3.8) is 0 Å². The zero-order chi connectivity index (χ0) is 13.2. The number of carbonyl (C=O) groups excluding carboxylic acids is 1. The smallest absolute Gasteiger partial charge is 0.220 e. The maximum absolute atomic E-state index is 11.2. The number of primary amides is 1. The molecule has 0 saturated carbocycles. The number of rotatable bonds is 2. The Balaban J connectivity index is 1.62. The van der Waals surface area contributed by atoms with E-state index in [1.807, 2.05) is 0 Å². The van der Waals surface area contributed by atoms with Crippen molar-refractivity contribution in [2.24, 2.45) is 11.7 Å². The van der Waals surface area contributed by atoms with E-state index in [1.165, 1.54) is 24.0 Å². The molecule has 1 heterocycles. The zero-order valence-electron chi connectivity index (χ0n) is 11.3. The molecule has 1 aliphatic carbocycles. The van der Waals surface area contributed by atoms with Gasteiger partial charge in [0.1, 0.15) is 0 Å². The monoisotopic (exact) mass is 258 g/mol.